The Kier molecular flexibility index (Phi) is 4.29. The van der Waals surface area contributed by atoms with Gasteiger partial charge in [-0.1, -0.05) is 18.2 Å². The van der Waals surface area contributed by atoms with E-state index in [-0.39, 0.29) is 11.8 Å². The fraction of sp³-hybridized carbons (Fsp3) is 0.333. The lowest BCUT2D eigenvalue weighted by atomic mass is 9.90. The van der Waals surface area contributed by atoms with Gasteiger partial charge in [0.1, 0.15) is 0 Å². The molecule has 1 atom stereocenters. The molecule has 24 heavy (non-hydrogen) atoms. The molecule has 124 valence electrons. The van der Waals surface area contributed by atoms with Crippen LogP contribution in [0.2, 0.25) is 0 Å². The molecule has 2 amide bonds. The summed E-state index contributed by atoms with van der Waals surface area (Å²) in [5.74, 6) is -0.387. The van der Waals surface area contributed by atoms with Gasteiger partial charge < -0.3 is 10.2 Å². The van der Waals surface area contributed by atoms with Crippen molar-refractivity contribution < 1.29 is 9.59 Å². The summed E-state index contributed by atoms with van der Waals surface area (Å²) in [6, 6.07) is 7.42. The molecule has 0 unspecified atom stereocenters. The average Bonchev–Trinajstić information content (AvgIpc) is 3.07. The number of likely N-dealkylation sites (tertiary alicyclic amines) is 1. The molecule has 1 fully saturated rings. The molecule has 2 aromatic rings. The first-order chi connectivity index (χ1) is 11.6. The third kappa shape index (κ3) is 2.44. The van der Waals surface area contributed by atoms with Crippen LogP contribution in [-0.2, 0) is 10.3 Å². The number of nitrogens with zero attached hydrogens (tertiary/aromatic N) is 3. The second-order valence-electron chi connectivity index (χ2n) is 5.91. The minimum Gasteiger partial charge on any atom is -0.357 e. The van der Waals surface area contributed by atoms with Crippen LogP contribution >= 0.6 is 0 Å². The van der Waals surface area contributed by atoms with E-state index >= 15 is 0 Å². The molecule has 6 nitrogen and oxygen atoms in total. The molecule has 0 radical (unpaired) electrons. The van der Waals surface area contributed by atoms with Gasteiger partial charge in [-0.3, -0.25) is 19.6 Å². The van der Waals surface area contributed by atoms with Crippen molar-refractivity contribution in [3.63, 3.8) is 0 Å². The quantitative estimate of drug-likeness (QED) is 0.932. The molecule has 0 aliphatic carbocycles. The van der Waals surface area contributed by atoms with E-state index in [9.17, 15) is 9.59 Å². The summed E-state index contributed by atoms with van der Waals surface area (Å²) >= 11 is 0. The van der Waals surface area contributed by atoms with E-state index in [4.69, 9.17) is 0 Å². The highest BCUT2D eigenvalue weighted by molar-refractivity contribution is 6.00. The van der Waals surface area contributed by atoms with Gasteiger partial charge in [-0.25, -0.2) is 0 Å². The Hall–Kier alpha value is -2.76. The standard InChI is InChI=1S/C18H20N4O2/c1-13-6-3-4-7-14(13)16(23)22-11-5-8-18(22,17(24)19-2)15-12-20-9-10-21-15/h3-4,6-7,9-10,12H,5,8,11H2,1-2H3,(H,19,24)/t18-/m1/s1. The molecule has 1 aromatic heterocycles. The summed E-state index contributed by atoms with van der Waals surface area (Å²) < 4.78 is 0. The Bertz CT molecular complexity index is 763. The number of likely N-dealkylation sites (N-methyl/N-ethyl adjacent to an activating group) is 1. The molecule has 1 aliphatic rings. The molecule has 1 aromatic carbocycles. The highest BCUT2D eigenvalue weighted by Crippen LogP contribution is 2.39. The first-order valence-corrected chi connectivity index (χ1v) is 7.97. The van der Waals surface area contributed by atoms with E-state index in [1.807, 2.05) is 25.1 Å². The summed E-state index contributed by atoms with van der Waals surface area (Å²) in [6.07, 6.45) is 5.95. The second kappa shape index (κ2) is 6.39. The van der Waals surface area contributed by atoms with Gasteiger partial charge >= 0.3 is 0 Å². The molecular weight excluding hydrogens is 304 g/mol. The maximum absolute atomic E-state index is 13.2. The fourth-order valence-corrected chi connectivity index (χ4v) is 3.39. The van der Waals surface area contributed by atoms with Crippen LogP contribution in [0.15, 0.2) is 42.9 Å². The highest BCUT2D eigenvalue weighted by Gasteiger charge is 2.52. The zero-order valence-corrected chi connectivity index (χ0v) is 13.8. The van der Waals surface area contributed by atoms with E-state index in [2.05, 4.69) is 15.3 Å². The monoisotopic (exact) mass is 324 g/mol. The Balaban J connectivity index is 2.10. The van der Waals surface area contributed by atoms with Crippen molar-refractivity contribution in [2.45, 2.75) is 25.3 Å². The summed E-state index contributed by atoms with van der Waals surface area (Å²) in [4.78, 5) is 36.0. The van der Waals surface area contributed by atoms with Crippen LogP contribution in [0, 0.1) is 6.92 Å². The van der Waals surface area contributed by atoms with Gasteiger partial charge in [0.15, 0.2) is 5.54 Å². The number of hydrogen-bond donors (Lipinski definition) is 1. The molecule has 6 heteroatoms. The van der Waals surface area contributed by atoms with Crippen LogP contribution in [0.1, 0.15) is 34.5 Å². The summed E-state index contributed by atoms with van der Waals surface area (Å²) in [5, 5.41) is 2.70. The zero-order chi connectivity index (χ0) is 17.2. The van der Waals surface area contributed by atoms with Crippen molar-refractivity contribution >= 4 is 11.8 Å². The summed E-state index contributed by atoms with van der Waals surface area (Å²) in [6.45, 7) is 2.41. The first-order valence-electron chi connectivity index (χ1n) is 7.97. The number of rotatable bonds is 3. The number of hydrogen-bond acceptors (Lipinski definition) is 4. The van der Waals surface area contributed by atoms with Crippen LogP contribution in [0.4, 0.5) is 0 Å². The minimum atomic E-state index is -1.11. The Morgan fingerprint density at radius 1 is 1.25 bits per heavy atom. The Morgan fingerprint density at radius 3 is 2.71 bits per heavy atom. The molecule has 0 spiro atoms. The lowest BCUT2D eigenvalue weighted by Gasteiger charge is -2.36. The molecule has 0 saturated carbocycles. The number of amides is 2. The van der Waals surface area contributed by atoms with Crippen LogP contribution in [0.5, 0.6) is 0 Å². The van der Waals surface area contributed by atoms with Crippen LogP contribution < -0.4 is 5.32 Å². The van der Waals surface area contributed by atoms with E-state index in [1.165, 1.54) is 0 Å². The number of aromatic nitrogens is 2. The molecule has 1 N–H and O–H groups in total. The van der Waals surface area contributed by atoms with Crippen LogP contribution in [-0.4, -0.2) is 40.3 Å². The van der Waals surface area contributed by atoms with Crippen LogP contribution in [0.3, 0.4) is 0 Å². The van der Waals surface area contributed by atoms with E-state index in [0.717, 1.165) is 12.0 Å². The molecule has 1 saturated heterocycles. The van der Waals surface area contributed by atoms with Gasteiger partial charge in [0.25, 0.3) is 11.8 Å². The Morgan fingerprint density at radius 2 is 2.04 bits per heavy atom. The van der Waals surface area contributed by atoms with Crippen molar-refractivity contribution in [3.8, 4) is 0 Å². The van der Waals surface area contributed by atoms with Crippen molar-refractivity contribution in [2.24, 2.45) is 0 Å². The maximum atomic E-state index is 13.2. The van der Waals surface area contributed by atoms with E-state index < -0.39 is 5.54 Å². The normalized spacial score (nSPS) is 20.0. The number of carbonyl (C=O) groups excluding carboxylic acids is 2. The number of aryl methyl sites for hydroxylation is 1. The predicted octanol–water partition coefficient (Wildman–Crippen LogP) is 1.66. The minimum absolute atomic E-state index is 0.153. The molecule has 3 rings (SSSR count). The molecule has 1 aliphatic heterocycles. The van der Waals surface area contributed by atoms with Gasteiger partial charge in [-0.15, -0.1) is 0 Å². The Labute approximate surface area is 140 Å². The SMILES string of the molecule is CNC(=O)[C@]1(c2cnccn2)CCCN1C(=O)c1ccccc1C. The van der Waals surface area contributed by atoms with Gasteiger partial charge in [0.05, 0.1) is 11.9 Å². The largest absolute Gasteiger partial charge is 0.357 e. The first kappa shape index (κ1) is 16.1. The van der Waals surface area contributed by atoms with Crippen molar-refractivity contribution in [3.05, 3.63) is 59.7 Å². The third-order valence-corrected chi connectivity index (χ3v) is 4.59. The lowest BCUT2D eigenvalue weighted by molar-refractivity contribution is -0.131. The van der Waals surface area contributed by atoms with Crippen molar-refractivity contribution in [1.29, 1.82) is 0 Å². The van der Waals surface area contributed by atoms with Gasteiger partial charge in [0, 0.05) is 31.5 Å². The zero-order valence-electron chi connectivity index (χ0n) is 13.8. The van der Waals surface area contributed by atoms with Gasteiger partial charge in [-0.05, 0) is 31.4 Å². The topological polar surface area (TPSA) is 75.2 Å². The van der Waals surface area contributed by atoms with Crippen LogP contribution in [0.25, 0.3) is 0 Å². The number of nitrogens with one attached hydrogen (secondary N) is 1. The number of benzene rings is 1. The smallest absolute Gasteiger partial charge is 0.255 e. The third-order valence-electron chi connectivity index (χ3n) is 4.59. The van der Waals surface area contributed by atoms with Crippen molar-refractivity contribution in [1.82, 2.24) is 20.2 Å². The lowest BCUT2D eigenvalue weighted by Crippen LogP contribution is -2.55. The van der Waals surface area contributed by atoms with E-state index in [1.54, 1.807) is 36.6 Å². The molecule has 2 heterocycles. The summed E-state index contributed by atoms with van der Waals surface area (Å²) in [5.41, 5.74) is 0.891. The highest BCUT2D eigenvalue weighted by atomic mass is 16.2. The summed E-state index contributed by atoms with van der Waals surface area (Å²) in [7, 11) is 1.58. The molecular formula is C18H20N4O2. The number of carbonyl (C=O) groups is 2. The molecule has 0 bridgehead atoms. The van der Waals surface area contributed by atoms with Gasteiger partial charge in [0.2, 0.25) is 0 Å². The van der Waals surface area contributed by atoms with E-state index in [0.29, 0.717) is 24.2 Å². The maximum Gasteiger partial charge on any atom is 0.255 e. The fourth-order valence-electron chi connectivity index (χ4n) is 3.39. The average molecular weight is 324 g/mol. The predicted molar refractivity (Wildman–Crippen MR) is 89.2 cm³/mol. The second-order valence-corrected chi connectivity index (χ2v) is 5.91. The van der Waals surface area contributed by atoms with Gasteiger partial charge in [-0.2, -0.15) is 0 Å². The van der Waals surface area contributed by atoms with Crippen molar-refractivity contribution in [2.75, 3.05) is 13.6 Å².